The summed E-state index contributed by atoms with van der Waals surface area (Å²) in [5.74, 6) is 0.731. The number of nitrogens with one attached hydrogen (secondary N) is 1. The van der Waals surface area contributed by atoms with E-state index in [0.29, 0.717) is 12.8 Å². The van der Waals surface area contributed by atoms with Crippen LogP contribution in [-0.4, -0.2) is 23.5 Å². The lowest BCUT2D eigenvalue weighted by atomic mass is 9.68. The first-order chi connectivity index (χ1) is 6.13. The fourth-order valence-electron chi connectivity index (χ4n) is 1.37. The topological polar surface area (TPSA) is 66.4 Å². The van der Waals surface area contributed by atoms with Crippen LogP contribution >= 0.6 is 0 Å². The highest BCUT2D eigenvalue weighted by atomic mass is 16.4. The molecule has 1 amide bonds. The number of hydrogen-bond acceptors (Lipinski definition) is 2. The third kappa shape index (κ3) is 1.50. The lowest BCUT2D eigenvalue weighted by Gasteiger charge is -2.35. The van der Waals surface area contributed by atoms with Crippen molar-refractivity contribution in [2.45, 2.75) is 19.3 Å². The first-order valence-electron chi connectivity index (χ1n) is 4.08. The summed E-state index contributed by atoms with van der Waals surface area (Å²) in [6.07, 6.45) is 6.56. The van der Waals surface area contributed by atoms with E-state index in [1.807, 2.05) is 0 Å². The molecule has 4 heteroatoms. The molecule has 0 spiro atoms. The van der Waals surface area contributed by atoms with Crippen LogP contribution in [-0.2, 0) is 9.59 Å². The van der Waals surface area contributed by atoms with E-state index in [4.69, 9.17) is 11.5 Å². The van der Waals surface area contributed by atoms with Crippen molar-refractivity contribution in [1.29, 1.82) is 0 Å². The molecule has 0 atom stereocenters. The van der Waals surface area contributed by atoms with Gasteiger partial charge in [-0.25, -0.2) is 0 Å². The molecule has 1 aliphatic carbocycles. The van der Waals surface area contributed by atoms with E-state index in [1.165, 1.54) is 0 Å². The number of carboxylic acid groups (broad SMARTS) is 1. The van der Waals surface area contributed by atoms with Gasteiger partial charge in [0.2, 0.25) is 5.91 Å². The standard InChI is InChI=1S/C9H11NO3/c1-2-6-10-7(11)9(8(12)13)4-3-5-9/h1H,3-6H2,(H,10,11)(H,12,13). The second-order valence-corrected chi connectivity index (χ2v) is 3.13. The van der Waals surface area contributed by atoms with Crippen LogP contribution in [0, 0.1) is 17.8 Å². The first kappa shape index (κ1) is 9.59. The minimum absolute atomic E-state index is 0.0911. The fraction of sp³-hybridized carbons (Fsp3) is 0.556. The molecule has 70 valence electrons. The van der Waals surface area contributed by atoms with Crippen LogP contribution in [0.4, 0.5) is 0 Å². The molecule has 0 radical (unpaired) electrons. The Morgan fingerprint density at radius 1 is 1.54 bits per heavy atom. The van der Waals surface area contributed by atoms with Crippen LogP contribution in [0.25, 0.3) is 0 Å². The number of carbonyl (C=O) groups is 2. The van der Waals surface area contributed by atoms with Crippen LogP contribution in [0.5, 0.6) is 0 Å². The van der Waals surface area contributed by atoms with Gasteiger partial charge in [-0.1, -0.05) is 12.3 Å². The van der Waals surface area contributed by atoms with Gasteiger partial charge in [0.05, 0.1) is 6.54 Å². The van der Waals surface area contributed by atoms with E-state index in [0.717, 1.165) is 6.42 Å². The first-order valence-corrected chi connectivity index (χ1v) is 4.08. The minimum Gasteiger partial charge on any atom is -0.480 e. The second kappa shape index (κ2) is 3.48. The molecule has 0 unspecified atom stereocenters. The molecule has 2 N–H and O–H groups in total. The van der Waals surface area contributed by atoms with Gasteiger partial charge >= 0.3 is 5.97 Å². The molecule has 1 aliphatic rings. The van der Waals surface area contributed by atoms with Crippen molar-refractivity contribution in [3.8, 4) is 12.3 Å². The average molecular weight is 181 g/mol. The lowest BCUT2D eigenvalue weighted by molar-refractivity contribution is -0.161. The number of hydrogen-bond donors (Lipinski definition) is 2. The van der Waals surface area contributed by atoms with Crippen LogP contribution in [0.1, 0.15) is 19.3 Å². The zero-order valence-corrected chi connectivity index (χ0v) is 7.17. The van der Waals surface area contributed by atoms with Crippen molar-refractivity contribution < 1.29 is 14.7 Å². The Bertz CT molecular complexity index is 273. The summed E-state index contributed by atoms with van der Waals surface area (Å²) >= 11 is 0. The maximum absolute atomic E-state index is 11.4. The van der Waals surface area contributed by atoms with E-state index in [9.17, 15) is 9.59 Å². The van der Waals surface area contributed by atoms with Crippen LogP contribution < -0.4 is 5.32 Å². The zero-order valence-electron chi connectivity index (χ0n) is 7.17. The molecule has 0 heterocycles. The summed E-state index contributed by atoms with van der Waals surface area (Å²) in [7, 11) is 0. The molecule has 0 saturated heterocycles. The highest BCUT2D eigenvalue weighted by molar-refractivity contribution is 6.02. The predicted molar refractivity (Wildman–Crippen MR) is 45.8 cm³/mol. The summed E-state index contributed by atoms with van der Waals surface area (Å²) < 4.78 is 0. The Labute approximate surface area is 76.3 Å². The van der Waals surface area contributed by atoms with Crippen molar-refractivity contribution in [3.63, 3.8) is 0 Å². The summed E-state index contributed by atoms with van der Waals surface area (Å²) in [5.41, 5.74) is -1.20. The third-order valence-electron chi connectivity index (χ3n) is 2.40. The average Bonchev–Trinajstić information content (AvgIpc) is 1.97. The summed E-state index contributed by atoms with van der Waals surface area (Å²) in [5, 5.41) is 11.2. The van der Waals surface area contributed by atoms with Crippen molar-refractivity contribution in [1.82, 2.24) is 5.32 Å². The second-order valence-electron chi connectivity index (χ2n) is 3.13. The Kier molecular flexibility index (Phi) is 2.57. The molecule has 1 saturated carbocycles. The predicted octanol–water partition coefficient (Wildman–Crippen LogP) is -0.00930. The lowest BCUT2D eigenvalue weighted by Crippen LogP contribution is -2.51. The van der Waals surface area contributed by atoms with Gasteiger partial charge in [0, 0.05) is 0 Å². The van der Waals surface area contributed by atoms with Crippen molar-refractivity contribution in [3.05, 3.63) is 0 Å². The quantitative estimate of drug-likeness (QED) is 0.475. The number of rotatable bonds is 3. The van der Waals surface area contributed by atoms with Crippen LogP contribution in [0.2, 0.25) is 0 Å². The molecular formula is C9H11NO3. The molecule has 0 aromatic heterocycles. The fourth-order valence-corrected chi connectivity index (χ4v) is 1.37. The molecule has 1 rings (SSSR count). The smallest absolute Gasteiger partial charge is 0.319 e. The monoisotopic (exact) mass is 181 g/mol. The number of carboxylic acids is 1. The van der Waals surface area contributed by atoms with Gasteiger partial charge in [-0.05, 0) is 12.8 Å². The maximum Gasteiger partial charge on any atom is 0.319 e. The SMILES string of the molecule is C#CCNC(=O)C1(C(=O)O)CCC1. The van der Waals surface area contributed by atoms with Gasteiger partial charge in [-0.15, -0.1) is 6.42 Å². The molecule has 0 aliphatic heterocycles. The number of terminal acetylenes is 1. The van der Waals surface area contributed by atoms with Gasteiger partial charge in [0.15, 0.2) is 0 Å². The van der Waals surface area contributed by atoms with Gasteiger partial charge in [-0.3, -0.25) is 9.59 Å². The maximum atomic E-state index is 11.4. The van der Waals surface area contributed by atoms with E-state index < -0.39 is 17.3 Å². The summed E-state index contributed by atoms with van der Waals surface area (Å²) in [6.45, 7) is 0.0911. The summed E-state index contributed by atoms with van der Waals surface area (Å²) in [6, 6.07) is 0. The van der Waals surface area contributed by atoms with Crippen molar-refractivity contribution in [2.24, 2.45) is 5.41 Å². The number of amides is 1. The normalized spacial score (nSPS) is 18.1. The van der Waals surface area contributed by atoms with Gasteiger partial charge in [0.1, 0.15) is 5.41 Å². The zero-order chi connectivity index (χ0) is 9.90. The Morgan fingerprint density at radius 3 is 2.46 bits per heavy atom. The molecule has 0 aromatic carbocycles. The highest BCUT2D eigenvalue weighted by Crippen LogP contribution is 2.41. The highest BCUT2D eigenvalue weighted by Gasteiger charge is 2.50. The largest absolute Gasteiger partial charge is 0.480 e. The molecule has 1 fully saturated rings. The minimum atomic E-state index is -1.20. The van der Waals surface area contributed by atoms with E-state index in [-0.39, 0.29) is 6.54 Å². The third-order valence-corrected chi connectivity index (χ3v) is 2.40. The van der Waals surface area contributed by atoms with E-state index >= 15 is 0 Å². The van der Waals surface area contributed by atoms with Gasteiger partial charge in [0.25, 0.3) is 0 Å². The Morgan fingerprint density at radius 2 is 2.15 bits per heavy atom. The van der Waals surface area contributed by atoms with Gasteiger partial charge < -0.3 is 10.4 Å². The molecular weight excluding hydrogens is 170 g/mol. The molecule has 13 heavy (non-hydrogen) atoms. The van der Waals surface area contributed by atoms with E-state index in [1.54, 1.807) is 0 Å². The molecule has 4 nitrogen and oxygen atoms in total. The Balaban J connectivity index is 2.62. The van der Waals surface area contributed by atoms with E-state index in [2.05, 4.69) is 11.2 Å². The molecule has 0 bridgehead atoms. The van der Waals surface area contributed by atoms with Crippen molar-refractivity contribution >= 4 is 11.9 Å². The van der Waals surface area contributed by atoms with Crippen molar-refractivity contribution in [2.75, 3.05) is 6.54 Å². The molecule has 0 aromatic rings. The van der Waals surface area contributed by atoms with Crippen LogP contribution in [0.15, 0.2) is 0 Å². The van der Waals surface area contributed by atoms with Crippen LogP contribution in [0.3, 0.4) is 0 Å². The summed E-state index contributed by atoms with van der Waals surface area (Å²) in [4.78, 5) is 22.2. The van der Waals surface area contributed by atoms with Gasteiger partial charge in [-0.2, -0.15) is 0 Å². The number of aliphatic carboxylic acids is 1. The number of carbonyl (C=O) groups excluding carboxylic acids is 1. The Hall–Kier alpha value is -1.50.